The molecule has 1 aromatic carbocycles. The standard InChI is InChI=1S/C19H21N5O/c1-3-16(14-7-5-4-6-8-14)19(25)22-12-15-11-17(23-24(15)2)18-13-20-9-10-21-18/h4-11,13,16H,3,12H2,1-2H3,(H,22,25)/t16-/m0/s1. The lowest BCUT2D eigenvalue weighted by Gasteiger charge is -2.15. The van der Waals surface area contributed by atoms with Crippen molar-refractivity contribution in [3.63, 3.8) is 0 Å². The largest absolute Gasteiger partial charge is 0.350 e. The van der Waals surface area contributed by atoms with Crippen molar-refractivity contribution < 1.29 is 4.79 Å². The van der Waals surface area contributed by atoms with Crippen LogP contribution in [0.4, 0.5) is 0 Å². The summed E-state index contributed by atoms with van der Waals surface area (Å²) in [5.74, 6) is -0.121. The number of amides is 1. The van der Waals surface area contributed by atoms with Gasteiger partial charge in [-0.05, 0) is 18.1 Å². The number of hydrogen-bond donors (Lipinski definition) is 1. The van der Waals surface area contributed by atoms with E-state index in [2.05, 4.69) is 20.4 Å². The van der Waals surface area contributed by atoms with Gasteiger partial charge in [0.2, 0.25) is 5.91 Å². The van der Waals surface area contributed by atoms with Gasteiger partial charge in [0.25, 0.3) is 0 Å². The van der Waals surface area contributed by atoms with Crippen LogP contribution in [0.3, 0.4) is 0 Å². The molecule has 0 radical (unpaired) electrons. The van der Waals surface area contributed by atoms with Crippen molar-refractivity contribution in [1.82, 2.24) is 25.1 Å². The molecule has 0 spiro atoms. The van der Waals surface area contributed by atoms with E-state index < -0.39 is 0 Å². The van der Waals surface area contributed by atoms with Crippen LogP contribution in [0.5, 0.6) is 0 Å². The molecule has 1 atom stereocenters. The van der Waals surface area contributed by atoms with Crippen molar-refractivity contribution in [2.24, 2.45) is 7.05 Å². The van der Waals surface area contributed by atoms with E-state index in [1.54, 1.807) is 23.3 Å². The van der Waals surface area contributed by atoms with Crippen molar-refractivity contribution in [2.75, 3.05) is 0 Å². The molecule has 0 aliphatic heterocycles. The Morgan fingerprint density at radius 2 is 2.00 bits per heavy atom. The van der Waals surface area contributed by atoms with Gasteiger partial charge in [-0.1, -0.05) is 37.3 Å². The topological polar surface area (TPSA) is 72.7 Å². The molecule has 6 nitrogen and oxygen atoms in total. The minimum Gasteiger partial charge on any atom is -0.350 e. The Hall–Kier alpha value is -3.02. The first-order valence-corrected chi connectivity index (χ1v) is 8.31. The second kappa shape index (κ2) is 7.70. The summed E-state index contributed by atoms with van der Waals surface area (Å²) in [7, 11) is 1.86. The lowest BCUT2D eigenvalue weighted by molar-refractivity contribution is -0.122. The smallest absolute Gasteiger partial charge is 0.227 e. The predicted molar refractivity (Wildman–Crippen MR) is 95.6 cm³/mol. The van der Waals surface area contributed by atoms with Crippen molar-refractivity contribution in [3.05, 3.63) is 66.2 Å². The summed E-state index contributed by atoms with van der Waals surface area (Å²) in [5, 5.41) is 7.46. The number of aromatic nitrogens is 4. The molecule has 0 saturated heterocycles. The van der Waals surface area contributed by atoms with E-state index in [0.29, 0.717) is 12.2 Å². The monoisotopic (exact) mass is 335 g/mol. The van der Waals surface area contributed by atoms with Crippen LogP contribution in [0.15, 0.2) is 55.0 Å². The third-order valence-electron chi connectivity index (χ3n) is 4.17. The van der Waals surface area contributed by atoms with Gasteiger partial charge >= 0.3 is 0 Å². The number of nitrogens with zero attached hydrogens (tertiary/aromatic N) is 4. The molecule has 128 valence electrons. The number of carbonyl (C=O) groups excluding carboxylic acids is 1. The maximum absolute atomic E-state index is 12.6. The molecule has 0 unspecified atom stereocenters. The highest BCUT2D eigenvalue weighted by Crippen LogP contribution is 2.20. The summed E-state index contributed by atoms with van der Waals surface area (Å²) < 4.78 is 1.76. The average molecular weight is 335 g/mol. The Balaban J connectivity index is 1.69. The van der Waals surface area contributed by atoms with Crippen LogP contribution in [0.25, 0.3) is 11.4 Å². The summed E-state index contributed by atoms with van der Waals surface area (Å²) in [5.41, 5.74) is 3.41. The minimum atomic E-state index is -0.145. The van der Waals surface area contributed by atoms with Gasteiger partial charge in [-0.25, -0.2) is 0 Å². The summed E-state index contributed by atoms with van der Waals surface area (Å²) in [4.78, 5) is 20.9. The number of carbonyl (C=O) groups is 1. The zero-order chi connectivity index (χ0) is 17.6. The second-order valence-corrected chi connectivity index (χ2v) is 5.82. The fourth-order valence-corrected chi connectivity index (χ4v) is 2.79. The highest BCUT2D eigenvalue weighted by molar-refractivity contribution is 5.83. The molecular weight excluding hydrogens is 314 g/mol. The molecule has 3 rings (SSSR count). The molecule has 1 N–H and O–H groups in total. The SMILES string of the molecule is CC[C@H](C(=O)NCc1cc(-c2cnccn2)nn1C)c1ccccc1. The Kier molecular flexibility index (Phi) is 5.18. The second-order valence-electron chi connectivity index (χ2n) is 5.82. The predicted octanol–water partition coefficient (Wildman–Crippen LogP) is 2.69. The van der Waals surface area contributed by atoms with Gasteiger partial charge in [0, 0.05) is 19.4 Å². The van der Waals surface area contributed by atoms with Gasteiger partial charge in [0.15, 0.2) is 0 Å². The van der Waals surface area contributed by atoms with E-state index in [1.807, 2.05) is 50.4 Å². The lowest BCUT2D eigenvalue weighted by Crippen LogP contribution is -2.29. The van der Waals surface area contributed by atoms with Crippen LogP contribution in [0.2, 0.25) is 0 Å². The van der Waals surface area contributed by atoms with Gasteiger partial charge in [-0.2, -0.15) is 5.10 Å². The van der Waals surface area contributed by atoms with E-state index in [0.717, 1.165) is 23.4 Å². The molecule has 0 saturated carbocycles. The van der Waals surface area contributed by atoms with Crippen LogP contribution < -0.4 is 5.32 Å². The fraction of sp³-hybridized carbons (Fsp3) is 0.263. The van der Waals surface area contributed by atoms with Gasteiger partial charge in [0.1, 0.15) is 11.4 Å². The van der Waals surface area contributed by atoms with Gasteiger partial charge in [0.05, 0.1) is 24.4 Å². The normalized spacial score (nSPS) is 11.9. The zero-order valence-corrected chi connectivity index (χ0v) is 14.4. The summed E-state index contributed by atoms with van der Waals surface area (Å²) in [6.45, 7) is 2.44. The van der Waals surface area contributed by atoms with Gasteiger partial charge in [-0.3, -0.25) is 19.4 Å². The summed E-state index contributed by atoms with van der Waals surface area (Å²) in [6.07, 6.45) is 5.69. The number of nitrogens with one attached hydrogen (secondary N) is 1. The molecule has 6 heteroatoms. The molecule has 25 heavy (non-hydrogen) atoms. The van der Waals surface area contributed by atoms with E-state index >= 15 is 0 Å². The molecule has 0 aliphatic rings. The first-order chi connectivity index (χ1) is 12.2. The summed E-state index contributed by atoms with van der Waals surface area (Å²) >= 11 is 0. The maximum atomic E-state index is 12.6. The highest BCUT2D eigenvalue weighted by Gasteiger charge is 2.18. The third-order valence-corrected chi connectivity index (χ3v) is 4.17. The fourth-order valence-electron chi connectivity index (χ4n) is 2.79. The molecular formula is C19H21N5O. The Labute approximate surface area is 146 Å². The molecule has 2 aromatic heterocycles. The van der Waals surface area contributed by atoms with Crippen molar-refractivity contribution in [3.8, 4) is 11.4 Å². The Bertz CT molecular complexity index is 830. The van der Waals surface area contributed by atoms with E-state index in [1.165, 1.54) is 0 Å². The Morgan fingerprint density at radius 1 is 1.20 bits per heavy atom. The number of benzene rings is 1. The molecule has 3 aromatic rings. The van der Waals surface area contributed by atoms with Crippen LogP contribution in [-0.4, -0.2) is 25.7 Å². The van der Waals surface area contributed by atoms with Gasteiger partial charge < -0.3 is 5.32 Å². The first kappa shape index (κ1) is 16.8. The van der Waals surface area contributed by atoms with Crippen LogP contribution >= 0.6 is 0 Å². The third kappa shape index (κ3) is 3.91. The number of rotatable bonds is 6. The molecule has 0 fully saturated rings. The molecule has 0 bridgehead atoms. The molecule has 2 heterocycles. The quantitative estimate of drug-likeness (QED) is 0.752. The zero-order valence-electron chi connectivity index (χ0n) is 14.4. The highest BCUT2D eigenvalue weighted by atomic mass is 16.1. The number of hydrogen-bond acceptors (Lipinski definition) is 4. The average Bonchev–Trinajstić information content (AvgIpc) is 3.03. The number of aryl methyl sites for hydroxylation is 1. The van der Waals surface area contributed by atoms with E-state index in [9.17, 15) is 4.79 Å². The minimum absolute atomic E-state index is 0.0240. The van der Waals surface area contributed by atoms with Crippen LogP contribution in [0.1, 0.15) is 30.5 Å². The van der Waals surface area contributed by atoms with Gasteiger partial charge in [-0.15, -0.1) is 0 Å². The van der Waals surface area contributed by atoms with Crippen LogP contribution in [0, 0.1) is 0 Å². The molecule has 0 aliphatic carbocycles. The van der Waals surface area contributed by atoms with Crippen molar-refractivity contribution in [1.29, 1.82) is 0 Å². The van der Waals surface area contributed by atoms with E-state index in [4.69, 9.17) is 0 Å². The summed E-state index contributed by atoms with van der Waals surface area (Å²) in [6, 6.07) is 11.8. The van der Waals surface area contributed by atoms with Crippen molar-refractivity contribution in [2.45, 2.75) is 25.8 Å². The maximum Gasteiger partial charge on any atom is 0.227 e. The molecule has 1 amide bonds. The van der Waals surface area contributed by atoms with Crippen LogP contribution in [-0.2, 0) is 18.4 Å². The van der Waals surface area contributed by atoms with Crippen molar-refractivity contribution >= 4 is 5.91 Å². The lowest BCUT2D eigenvalue weighted by atomic mass is 9.96. The Morgan fingerprint density at radius 3 is 2.68 bits per heavy atom. The first-order valence-electron chi connectivity index (χ1n) is 8.31. The van der Waals surface area contributed by atoms with E-state index in [-0.39, 0.29) is 11.8 Å².